The molecule has 0 bridgehead atoms. The number of aromatic nitrogens is 4. The van der Waals surface area contributed by atoms with Gasteiger partial charge >= 0.3 is 6.18 Å². The summed E-state index contributed by atoms with van der Waals surface area (Å²) in [6.07, 6.45) is -1.08. The Morgan fingerprint density at radius 1 is 1.11 bits per heavy atom. The Bertz CT molecular complexity index is 575. The summed E-state index contributed by atoms with van der Waals surface area (Å²) in [6, 6.07) is 1.87. The zero-order valence-corrected chi connectivity index (χ0v) is 9.80. The van der Waals surface area contributed by atoms with Gasteiger partial charge in [0.2, 0.25) is 5.95 Å². The maximum atomic E-state index is 12.4. The van der Waals surface area contributed by atoms with E-state index in [-0.39, 0.29) is 0 Å². The van der Waals surface area contributed by atoms with Crippen molar-refractivity contribution in [2.75, 3.05) is 11.4 Å². The van der Waals surface area contributed by atoms with Crippen molar-refractivity contribution in [3.05, 3.63) is 35.9 Å². The molecule has 19 heavy (non-hydrogen) atoms. The lowest BCUT2D eigenvalue weighted by molar-refractivity contribution is -0.138. The molecule has 2 aromatic rings. The summed E-state index contributed by atoms with van der Waals surface area (Å²) in [4.78, 5) is 9.41. The zero-order valence-electron chi connectivity index (χ0n) is 9.80. The van der Waals surface area contributed by atoms with Crippen molar-refractivity contribution in [2.45, 2.75) is 19.3 Å². The molecule has 0 aliphatic carbocycles. The third-order valence-electron chi connectivity index (χ3n) is 2.99. The Morgan fingerprint density at radius 3 is 2.53 bits per heavy atom. The highest BCUT2D eigenvalue weighted by Gasteiger charge is 2.31. The second-order valence-corrected chi connectivity index (χ2v) is 4.24. The van der Waals surface area contributed by atoms with Crippen LogP contribution in [0.1, 0.15) is 11.3 Å². The van der Waals surface area contributed by atoms with E-state index in [0.717, 1.165) is 18.1 Å². The molecule has 1 aliphatic rings. The predicted octanol–water partition coefficient (Wildman–Crippen LogP) is 1.71. The van der Waals surface area contributed by atoms with E-state index in [1.165, 1.54) is 0 Å². The number of halogens is 3. The average Bonchev–Trinajstić information content (AvgIpc) is 2.85. The number of hydrogen-bond acceptors (Lipinski definition) is 4. The third kappa shape index (κ3) is 2.25. The summed E-state index contributed by atoms with van der Waals surface area (Å²) >= 11 is 0. The molecular weight excluding hydrogens is 259 g/mol. The van der Waals surface area contributed by atoms with E-state index in [4.69, 9.17) is 0 Å². The van der Waals surface area contributed by atoms with Gasteiger partial charge in [0.15, 0.2) is 0 Å². The van der Waals surface area contributed by atoms with Gasteiger partial charge in [-0.25, -0.2) is 9.97 Å². The molecule has 0 N–H and O–H groups in total. The van der Waals surface area contributed by atoms with Crippen molar-refractivity contribution in [3.63, 3.8) is 0 Å². The molecule has 3 heterocycles. The molecule has 5 nitrogen and oxygen atoms in total. The summed E-state index contributed by atoms with van der Waals surface area (Å²) in [6.45, 7) is 1.85. The van der Waals surface area contributed by atoms with Crippen LogP contribution < -0.4 is 4.90 Å². The predicted molar refractivity (Wildman–Crippen MR) is 60.3 cm³/mol. The molecule has 0 fully saturated rings. The standard InChI is InChI=1S/C11H10F3N5/c12-11(13,14)8-5-15-10(16-6-8)18-3-4-19-9(7-18)1-2-17-19/h1-2,5-6H,3-4,7H2. The molecule has 1 aliphatic heterocycles. The van der Waals surface area contributed by atoms with E-state index in [0.29, 0.717) is 25.6 Å². The second kappa shape index (κ2) is 4.22. The average molecular weight is 269 g/mol. The number of hydrogen-bond donors (Lipinski definition) is 0. The number of nitrogens with zero attached hydrogens (tertiary/aromatic N) is 5. The Hall–Kier alpha value is -2.12. The first-order valence-electron chi connectivity index (χ1n) is 5.69. The SMILES string of the molecule is FC(F)(F)c1cnc(N2CCn3nccc3C2)nc1. The maximum absolute atomic E-state index is 12.4. The van der Waals surface area contributed by atoms with Crippen LogP contribution in [0.15, 0.2) is 24.7 Å². The minimum Gasteiger partial charge on any atom is -0.333 e. The monoisotopic (exact) mass is 269 g/mol. The van der Waals surface area contributed by atoms with Crippen LogP contribution in [-0.2, 0) is 19.3 Å². The molecule has 0 amide bonds. The van der Waals surface area contributed by atoms with Gasteiger partial charge in [0.25, 0.3) is 0 Å². The van der Waals surface area contributed by atoms with Gasteiger partial charge in [-0.2, -0.15) is 18.3 Å². The molecule has 0 radical (unpaired) electrons. The van der Waals surface area contributed by atoms with Gasteiger partial charge in [-0.3, -0.25) is 4.68 Å². The van der Waals surface area contributed by atoms with Crippen LogP contribution >= 0.6 is 0 Å². The fourth-order valence-corrected chi connectivity index (χ4v) is 1.99. The molecule has 0 spiro atoms. The van der Waals surface area contributed by atoms with Crippen molar-refractivity contribution < 1.29 is 13.2 Å². The first-order valence-corrected chi connectivity index (χ1v) is 5.69. The lowest BCUT2D eigenvalue weighted by atomic mass is 10.3. The smallest absolute Gasteiger partial charge is 0.333 e. The molecule has 0 atom stereocenters. The Labute approximate surface area is 106 Å². The minimum atomic E-state index is -4.40. The quantitative estimate of drug-likeness (QED) is 0.790. The molecule has 0 saturated carbocycles. The minimum absolute atomic E-state index is 0.306. The van der Waals surface area contributed by atoms with Crippen LogP contribution in [0.2, 0.25) is 0 Å². The fraction of sp³-hybridized carbons (Fsp3) is 0.364. The van der Waals surface area contributed by atoms with Gasteiger partial charge in [-0.1, -0.05) is 0 Å². The van der Waals surface area contributed by atoms with Gasteiger partial charge in [0.1, 0.15) is 0 Å². The molecule has 2 aromatic heterocycles. The topological polar surface area (TPSA) is 46.8 Å². The fourth-order valence-electron chi connectivity index (χ4n) is 1.99. The van der Waals surface area contributed by atoms with E-state index in [2.05, 4.69) is 15.1 Å². The normalized spacial score (nSPS) is 15.4. The lowest BCUT2D eigenvalue weighted by Crippen LogP contribution is -2.35. The van der Waals surface area contributed by atoms with Crippen LogP contribution in [0.4, 0.5) is 19.1 Å². The van der Waals surface area contributed by atoms with Gasteiger partial charge in [0, 0.05) is 25.1 Å². The van der Waals surface area contributed by atoms with Gasteiger partial charge in [-0.15, -0.1) is 0 Å². The first kappa shape index (κ1) is 11.9. The second-order valence-electron chi connectivity index (χ2n) is 4.24. The Kier molecular flexibility index (Phi) is 2.65. The van der Waals surface area contributed by atoms with Gasteiger partial charge < -0.3 is 4.90 Å². The number of anilines is 1. The summed E-state index contributed by atoms with van der Waals surface area (Å²) in [7, 11) is 0. The van der Waals surface area contributed by atoms with Gasteiger partial charge in [0.05, 0.1) is 24.3 Å². The molecule has 0 saturated heterocycles. The summed E-state index contributed by atoms with van der Waals surface area (Å²) in [5.41, 5.74) is 0.160. The number of rotatable bonds is 1. The first-order chi connectivity index (χ1) is 9.04. The number of alkyl halides is 3. The van der Waals surface area contributed by atoms with Crippen LogP contribution in [0, 0.1) is 0 Å². The van der Waals surface area contributed by atoms with Crippen LogP contribution in [0.25, 0.3) is 0 Å². The van der Waals surface area contributed by atoms with E-state index >= 15 is 0 Å². The third-order valence-corrected chi connectivity index (χ3v) is 2.99. The maximum Gasteiger partial charge on any atom is 0.419 e. The summed E-state index contributed by atoms with van der Waals surface area (Å²) in [5.74, 6) is 0.306. The highest BCUT2D eigenvalue weighted by Crippen LogP contribution is 2.28. The van der Waals surface area contributed by atoms with Crippen LogP contribution in [0.5, 0.6) is 0 Å². The van der Waals surface area contributed by atoms with Crippen molar-refractivity contribution in [1.29, 1.82) is 0 Å². The van der Waals surface area contributed by atoms with Gasteiger partial charge in [-0.05, 0) is 6.07 Å². The number of fused-ring (bicyclic) bond motifs is 1. The van der Waals surface area contributed by atoms with E-state index in [1.807, 2.05) is 15.6 Å². The zero-order chi connectivity index (χ0) is 13.5. The van der Waals surface area contributed by atoms with Crippen LogP contribution in [-0.4, -0.2) is 26.3 Å². The van der Waals surface area contributed by atoms with E-state index in [1.54, 1.807) is 6.20 Å². The highest BCUT2D eigenvalue weighted by molar-refractivity contribution is 5.32. The lowest BCUT2D eigenvalue weighted by Gasteiger charge is -2.27. The van der Waals surface area contributed by atoms with E-state index < -0.39 is 11.7 Å². The van der Waals surface area contributed by atoms with Crippen molar-refractivity contribution >= 4 is 5.95 Å². The van der Waals surface area contributed by atoms with E-state index in [9.17, 15) is 13.2 Å². The summed E-state index contributed by atoms with van der Waals surface area (Å²) in [5, 5.41) is 4.13. The Balaban J connectivity index is 1.81. The molecule has 0 unspecified atom stereocenters. The molecule has 0 aromatic carbocycles. The summed E-state index contributed by atoms with van der Waals surface area (Å²) < 4.78 is 39.1. The largest absolute Gasteiger partial charge is 0.419 e. The van der Waals surface area contributed by atoms with Crippen molar-refractivity contribution in [3.8, 4) is 0 Å². The molecule has 3 rings (SSSR count). The highest BCUT2D eigenvalue weighted by atomic mass is 19.4. The molecular formula is C11H10F3N5. The Morgan fingerprint density at radius 2 is 1.84 bits per heavy atom. The van der Waals surface area contributed by atoms with Crippen LogP contribution in [0.3, 0.4) is 0 Å². The van der Waals surface area contributed by atoms with Crippen molar-refractivity contribution in [2.24, 2.45) is 0 Å². The van der Waals surface area contributed by atoms with Crippen molar-refractivity contribution in [1.82, 2.24) is 19.7 Å². The molecule has 8 heteroatoms. The molecule has 100 valence electrons.